The topological polar surface area (TPSA) is 32.8 Å². The maximum absolute atomic E-state index is 11.0. The van der Waals surface area contributed by atoms with E-state index in [0.717, 1.165) is 11.1 Å². The van der Waals surface area contributed by atoms with Crippen molar-refractivity contribution < 1.29 is 5.11 Å². The molecule has 0 N–H and O–H groups in total. The Morgan fingerprint density at radius 2 is 1.85 bits per heavy atom. The van der Waals surface area contributed by atoms with E-state index in [1.54, 1.807) is 30.6 Å². The fourth-order valence-corrected chi connectivity index (χ4v) is 1.21. The second kappa shape index (κ2) is 3.27. The highest BCUT2D eigenvalue weighted by Crippen LogP contribution is 2.21. The quantitative estimate of drug-likeness (QED) is 0.647. The number of rotatable bonds is 1. The molecule has 1 heterocycles. The van der Waals surface area contributed by atoms with Crippen LogP contribution in [0.5, 0.6) is 5.75 Å². The van der Waals surface area contributed by atoms with Crippen LogP contribution in [0.1, 0.15) is 0 Å². The van der Waals surface area contributed by atoms with Crippen LogP contribution < -0.4 is 0 Å². The van der Waals surface area contributed by atoms with Crippen LogP contribution in [0.4, 0.5) is 0 Å². The monoisotopic (exact) mass is 170 g/mol. The van der Waals surface area contributed by atoms with Crippen LogP contribution in [0.3, 0.4) is 0 Å². The van der Waals surface area contributed by atoms with E-state index in [2.05, 4.69) is 4.98 Å². The lowest BCUT2D eigenvalue weighted by atomic mass is 10.1. The van der Waals surface area contributed by atoms with Crippen molar-refractivity contribution in [3.05, 3.63) is 48.8 Å². The van der Waals surface area contributed by atoms with Gasteiger partial charge >= 0.3 is 0 Å². The first-order valence-electron chi connectivity index (χ1n) is 4.04. The Hall–Kier alpha value is -1.83. The molecule has 2 aromatic rings. The van der Waals surface area contributed by atoms with Crippen LogP contribution >= 0.6 is 0 Å². The minimum absolute atomic E-state index is 0.0290. The average Bonchev–Trinajstić information content (AvgIpc) is 2.19. The third kappa shape index (κ3) is 1.67. The standard InChI is InChI=1S/C11H8NO/c13-11-5-1-3-9(7-11)10-4-2-6-12-8-10/h1-8H. The number of nitrogens with zero attached hydrogens (tertiary/aromatic N) is 1. The summed E-state index contributed by atoms with van der Waals surface area (Å²) >= 11 is 0. The Labute approximate surface area is 76.5 Å². The molecule has 0 spiro atoms. The number of aromatic nitrogens is 1. The van der Waals surface area contributed by atoms with E-state index in [4.69, 9.17) is 0 Å². The predicted octanol–water partition coefficient (Wildman–Crippen LogP) is 2.89. The summed E-state index contributed by atoms with van der Waals surface area (Å²) in [7, 11) is 0. The minimum atomic E-state index is 0.0290. The Bertz CT molecular complexity index is 398. The van der Waals surface area contributed by atoms with Crippen LogP contribution in [0.15, 0.2) is 48.8 Å². The molecule has 63 valence electrons. The lowest BCUT2D eigenvalue weighted by Gasteiger charge is -1.98. The molecule has 2 heteroatoms. The van der Waals surface area contributed by atoms with Gasteiger partial charge in [-0.25, -0.2) is 0 Å². The van der Waals surface area contributed by atoms with Gasteiger partial charge in [-0.3, -0.25) is 10.1 Å². The molecule has 2 rings (SSSR count). The van der Waals surface area contributed by atoms with Gasteiger partial charge in [-0.2, -0.15) is 0 Å². The summed E-state index contributed by atoms with van der Waals surface area (Å²) in [6, 6.07) is 10.6. The largest absolute Gasteiger partial charge is 0.290 e. The normalized spacial score (nSPS) is 9.85. The summed E-state index contributed by atoms with van der Waals surface area (Å²) in [5.74, 6) is 0.0290. The first-order chi connectivity index (χ1) is 6.36. The summed E-state index contributed by atoms with van der Waals surface area (Å²) < 4.78 is 0. The second-order valence-corrected chi connectivity index (χ2v) is 2.77. The zero-order valence-electron chi connectivity index (χ0n) is 6.97. The third-order valence-corrected chi connectivity index (χ3v) is 1.83. The third-order valence-electron chi connectivity index (χ3n) is 1.83. The fraction of sp³-hybridized carbons (Fsp3) is 0. The lowest BCUT2D eigenvalue weighted by molar-refractivity contribution is 0.355. The van der Waals surface area contributed by atoms with Gasteiger partial charge < -0.3 is 0 Å². The number of hydrogen-bond acceptors (Lipinski definition) is 1. The molecule has 1 radical (unpaired) electrons. The van der Waals surface area contributed by atoms with Crippen molar-refractivity contribution in [1.82, 2.24) is 4.98 Å². The van der Waals surface area contributed by atoms with E-state index in [1.165, 1.54) is 0 Å². The molecule has 0 saturated heterocycles. The van der Waals surface area contributed by atoms with Crippen LogP contribution in [0, 0.1) is 0 Å². The maximum atomic E-state index is 11.0. The highest BCUT2D eigenvalue weighted by atomic mass is 16.3. The first-order valence-corrected chi connectivity index (χ1v) is 4.04. The Kier molecular flexibility index (Phi) is 1.96. The maximum Gasteiger partial charge on any atom is 0.179 e. The van der Waals surface area contributed by atoms with Crippen LogP contribution in [0.2, 0.25) is 0 Å². The molecule has 0 unspecified atom stereocenters. The molecule has 13 heavy (non-hydrogen) atoms. The summed E-state index contributed by atoms with van der Waals surface area (Å²) in [5, 5.41) is 11.0. The molecule has 0 fully saturated rings. The molecule has 0 aliphatic rings. The van der Waals surface area contributed by atoms with Gasteiger partial charge in [0.15, 0.2) is 5.75 Å². The zero-order valence-corrected chi connectivity index (χ0v) is 6.97. The second-order valence-electron chi connectivity index (χ2n) is 2.77. The van der Waals surface area contributed by atoms with Crippen molar-refractivity contribution in [3.8, 4) is 16.9 Å². The molecule has 2 nitrogen and oxygen atoms in total. The number of hydrogen-bond donors (Lipinski definition) is 0. The van der Waals surface area contributed by atoms with Crippen molar-refractivity contribution in [2.75, 3.05) is 0 Å². The van der Waals surface area contributed by atoms with Crippen molar-refractivity contribution in [2.24, 2.45) is 0 Å². The van der Waals surface area contributed by atoms with Crippen molar-refractivity contribution in [3.63, 3.8) is 0 Å². The van der Waals surface area contributed by atoms with E-state index in [9.17, 15) is 5.11 Å². The molecular weight excluding hydrogens is 162 g/mol. The highest BCUT2D eigenvalue weighted by Gasteiger charge is 1.97. The summed E-state index contributed by atoms with van der Waals surface area (Å²) in [5.41, 5.74) is 1.89. The number of benzene rings is 1. The highest BCUT2D eigenvalue weighted by molar-refractivity contribution is 5.63. The van der Waals surface area contributed by atoms with Gasteiger partial charge in [0.1, 0.15) is 0 Å². The van der Waals surface area contributed by atoms with E-state index >= 15 is 0 Å². The SMILES string of the molecule is [O]c1cccc(-c2cccnc2)c1. The molecule has 1 aromatic carbocycles. The van der Waals surface area contributed by atoms with Crippen LogP contribution in [-0.4, -0.2) is 4.98 Å². The van der Waals surface area contributed by atoms with E-state index in [0.29, 0.717) is 0 Å². The fourth-order valence-electron chi connectivity index (χ4n) is 1.21. The molecule has 0 atom stereocenters. The molecule has 0 amide bonds. The van der Waals surface area contributed by atoms with Gasteiger partial charge in [0.05, 0.1) is 0 Å². The van der Waals surface area contributed by atoms with Gasteiger partial charge in [0, 0.05) is 18.0 Å². The van der Waals surface area contributed by atoms with Gasteiger partial charge in [0.25, 0.3) is 0 Å². The van der Waals surface area contributed by atoms with Gasteiger partial charge in [-0.05, 0) is 23.8 Å². The summed E-state index contributed by atoms with van der Waals surface area (Å²) in [6.45, 7) is 0. The molecule has 0 aliphatic heterocycles. The zero-order chi connectivity index (χ0) is 9.10. The van der Waals surface area contributed by atoms with Crippen LogP contribution in [-0.2, 0) is 5.11 Å². The van der Waals surface area contributed by atoms with Crippen molar-refractivity contribution in [2.45, 2.75) is 0 Å². The first kappa shape index (κ1) is 7.80. The Balaban J connectivity index is 2.48. The van der Waals surface area contributed by atoms with Crippen molar-refractivity contribution >= 4 is 0 Å². The van der Waals surface area contributed by atoms with Crippen molar-refractivity contribution in [1.29, 1.82) is 0 Å². The minimum Gasteiger partial charge on any atom is -0.290 e. The van der Waals surface area contributed by atoms with E-state index < -0.39 is 0 Å². The number of pyridine rings is 1. The summed E-state index contributed by atoms with van der Waals surface area (Å²) in [6.07, 6.45) is 3.46. The summed E-state index contributed by atoms with van der Waals surface area (Å²) in [4.78, 5) is 3.99. The lowest BCUT2D eigenvalue weighted by Crippen LogP contribution is -1.77. The average molecular weight is 170 g/mol. The van der Waals surface area contributed by atoms with Gasteiger partial charge in [-0.1, -0.05) is 18.2 Å². The smallest absolute Gasteiger partial charge is 0.179 e. The van der Waals surface area contributed by atoms with Gasteiger partial charge in [-0.15, -0.1) is 0 Å². The van der Waals surface area contributed by atoms with Crippen LogP contribution in [0.25, 0.3) is 11.1 Å². The van der Waals surface area contributed by atoms with Gasteiger partial charge in [0.2, 0.25) is 0 Å². The predicted molar refractivity (Wildman–Crippen MR) is 49.8 cm³/mol. The molecular formula is C11H8NO. The molecule has 0 bridgehead atoms. The Morgan fingerprint density at radius 3 is 2.54 bits per heavy atom. The molecule has 1 aromatic heterocycles. The molecule has 0 saturated carbocycles. The molecule has 0 aliphatic carbocycles. The van der Waals surface area contributed by atoms with E-state index in [1.807, 2.05) is 18.2 Å². The van der Waals surface area contributed by atoms with E-state index in [-0.39, 0.29) is 5.75 Å². The Morgan fingerprint density at radius 1 is 1.00 bits per heavy atom.